The van der Waals surface area contributed by atoms with Crippen LogP contribution in [0.4, 0.5) is 10.5 Å². The van der Waals surface area contributed by atoms with Gasteiger partial charge in [-0.2, -0.15) is 0 Å². The zero-order valence-corrected chi connectivity index (χ0v) is 16.4. The number of carbonyl (C=O) groups excluding carboxylic acids is 1. The van der Waals surface area contributed by atoms with E-state index in [0.29, 0.717) is 45.8 Å². The molecule has 154 valence electrons. The van der Waals surface area contributed by atoms with Crippen LogP contribution in [0.15, 0.2) is 18.2 Å². The van der Waals surface area contributed by atoms with E-state index in [1.54, 1.807) is 7.11 Å². The predicted molar refractivity (Wildman–Crippen MR) is 105 cm³/mol. The van der Waals surface area contributed by atoms with E-state index in [2.05, 4.69) is 5.32 Å². The van der Waals surface area contributed by atoms with E-state index in [1.165, 1.54) is 4.90 Å². The molecule has 0 aliphatic carbocycles. The number of hydrogen-bond donors (Lipinski definition) is 2. The summed E-state index contributed by atoms with van der Waals surface area (Å²) in [6.45, 7) is 3.49. The minimum absolute atomic E-state index is 0.108. The first-order valence-corrected chi connectivity index (χ1v) is 9.84. The molecule has 0 radical (unpaired) electrons. The second-order valence-electron chi connectivity index (χ2n) is 7.20. The van der Waals surface area contributed by atoms with E-state index in [-0.39, 0.29) is 11.9 Å². The Bertz CT molecular complexity index is 696. The maximum atomic E-state index is 12.3. The fourth-order valence-electron chi connectivity index (χ4n) is 3.75. The van der Waals surface area contributed by atoms with Gasteiger partial charge in [-0.25, -0.2) is 4.79 Å². The lowest BCUT2D eigenvalue weighted by Gasteiger charge is -2.32. The first-order chi connectivity index (χ1) is 13.6. The number of anilines is 1. The van der Waals surface area contributed by atoms with Crippen molar-refractivity contribution in [3.63, 3.8) is 0 Å². The van der Waals surface area contributed by atoms with Crippen LogP contribution in [0.5, 0.6) is 5.75 Å². The first-order valence-electron chi connectivity index (χ1n) is 9.84. The van der Waals surface area contributed by atoms with Gasteiger partial charge in [-0.3, -0.25) is 4.79 Å². The van der Waals surface area contributed by atoms with E-state index in [4.69, 9.17) is 14.6 Å². The molecule has 1 atom stereocenters. The second kappa shape index (κ2) is 9.75. The fraction of sp³-hybridized carbons (Fsp3) is 0.600. The number of carboxylic acid groups (broad SMARTS) is 1. The summed E-state index contributed by atoms with van der Waals surface area (Å²) in [6.07, 6.45) is 1.92. The number of nitrogens with zero attached hydrogens (tertiary/aromatic N) is 2. The molecule has 28 heavy (non-hydrogen) atoms. The van der Waals surface area contributed by atoms with Crippen molar-refractivity contribution >= 4 is 17.7 Å². The Morgan fingerprint density at radius 1 is 1.32 bits per heavy atom. The molecule has 2 amide bonds. The van der Waals surface area contributed by atoms with Gasteiger partial charge in [0.15, 0.2) is 0 Å². The Balaban J connectivity index is 1.53. The molecule has 2 aliphatic rings. The van der Waals surface area contributed by atoms with Gasteiger partial charge in [-0.1, -0.05) is 0 Å². The van der Waals surface area contributed by atoms with E-state index < -0.39 is 6.09 Å². The monoisotopic (exact) mass is 391 g/mol. The van der Waals surface area contributed by atoms with Crippen molar-refractivity contribution in [2.45, 2.75) is 31.7 Å². The number of fused-ring (bicyclic) bond motifs is 1. The molecule has 0 unspecified atom stereocenters. The lowest BCUT2D eigenvalue weighted by atomic mass is 10.0. The predicted octanol–water partition coefficient (Wildman–Crippen LogP) is 1.72. The lowest BCUT2D eigenvalue weighted by Crippen LogP contribution is -2.52. The summed E-state index contributed by atoms with van der Waals surface area (Å²) in [6, 6.07) is 5.98. The molecule has 1 fully saturated rings. The van der Waals surface area contributed by atoms with Crippen molar-refractivity contribution in [2.75, 3.05) is 51.4 Å². The van der Waals surface area contributed by atoms with Crippen molar-refractivity contribution in [3.8, 4) is 5.75 Å². The molecule has 3 rings (SSSR count). The summed E-state index contributed by atoms with van der Waals surface area (Å²) in [5, 5.41) is 12.4. The van der Waals surface area contributed by atoms with Crippen LogP contribution >= 0.6 is 0 Å². The molecular formula is C20H29N3O5. The molecule has 2 N–H and O–H groups in total. The Kier molecular flexibility index (Phi) is 7.11. The zero-order valence-electron chi connectivity index (χ0n) is 16.4. The molecular weight excluding hydrogens is 362 g/mol. The molecule has 0 saturated carbocycles. The highest BCUT2D eigenvalue weighted by Gasteiger charge is 2.25. The third-order valence-corrected chi connectivity index (χ3v) is 5.24. The highest BCUT2D eigenvalue weighted by atomic mass is 16.5. The summed E-state index contributed by atoms with van der Waals surface area (Å²) >= 11 is 0. The van der Waals surface area contributed by atoms with Crippen molar-refractivity contribution in [1.29, 1.82) is 0 Å². The number of benzene rings is 1. The molecule has 1 saturated heterocycles. The van der Waals surface area contributed by atoms with Crippen LogP contribution in [-0.2, 0) is 16.0 Å². The van der Waals surface area contributed by atoms with Crippen LogP contribution in [0.25, 0.3) is 0 Å². The van der Waals surface area contributed by atoms with Crippen LogP contribution in [0.2, 0.25) is 0 Å². The highest BCUT2D eigenvalue weighted by molar-refractivity contribution is 5.96. The van der Waals surface area contributed by atoms with Gasteiger partial charge in [0, 0.05) is 58.0 Å². The summed E-state index contributed by atoms with van der Waals surface area (Å²) < 4.78 is 11.0. The van der Waals surface area contributed by atoms with Crippen molar-refractivity contribution in [3.05, 3.63) is 23.8 Å². The van der Waals surface area contributed by atoms with Gasteiger partial charge in [0.1, 0.15) is 5.75 Å². The Hall–Kier alpha value is -2.32. The minimum atomic E-state index is -0.869. The number of amides is 2. The number of nitrogens with one attached hydrogen (secondary N) is 1. The van der Waals surface area contributed by atoms with Crippen molar-refractivity contribution < 1.29 is 24.2 Å². The van der Waals surface area contributed by atoms with Crippen molar-refractivity contribution in [1.82, 2.24) is 10.2 Å². The number of piperazine rings is 1. The molecule has 8 nitrogen and oxygen atoms in total. The first kappa shape index (κ1) is 20.4. The van der Waals surface area contributed by atoms with Gasteiger partial charge in [0.05, 0.1) is 6.61 Å². The molecule has 2 heterocycles. The third kappa shape index (κ3) is 5.14. The maximum Gasteiger partial charge on any atom is 0.407 e. The SMILES string of the molecule is COCCCN1C(=O)CCc2cc(OCC[C@@H]3CN(C(=O)O)CCN3)ccc21. The largest absolute Gasteiger partial charge is 0.494 e. The van der Waals surface area contributed by atoms with E-state index in [9.17, 15) is 9.59 Å². The van der Waals surface area contributed by atoms with Gasteiger partial charge in [-0.05, 0) is 43.0 Å². The van der Waals surface area contributed by atoms with E-state index in [1.807, 2.05) is 23.1 Å². The number of carbonyl (C=O) groups is 2. The number of methoxy groups -OCH3 is 1. The molecule has 1 aromatic carbocycles. The zero-order chi connectivity index (χ0) is 19.9. The summed E-state index contributed by atoms with van der Waals surface area (Å²) in [4.78, 5) is 26.6. The summed E-state index contributed by atoms with van der Waals surface area (Å²) in [5.41, 5.74) is 2.09. The Morgan fingerprint density at radius 3 is 2.96 bits per heavy atom. The molecule has 8 heteroatoms. The van der Waals surface area contributed by atoms with E-state index in [0.717, 1.165) is 36.3 Å². The average Bonchev–Trinajstić information content (AvgIpc) is 2.70. The molecule has 1 aromatic rings. The number of ether oxygens (including phenoxy) is 2. The maximum absolute atomic E-state index is 12.3. The molecule has 0 bridgehead atoms. The smallest absolute Gasteiger partial charge is 0.407 e. The lowest BCUT2D eigenvalue weighted by molar-refractivity contribution is -0.118. The normalized spacial score (nSPS) is 19.5. The topological polar surface area (TPSA) is 91.3 Å². The minimum Gasteiger partial charge on any atom is -0.494 e. The van der Waals surface area contributed by atoms with Crippen LogP contribution in [-0.4, -0.2) is 74.6 Å². The van der Waals surface area contributed by atoms with Gasteiger partial charge >= 0.3 is 6.09 Å². The molecule has 0 spiro atoms. The third-order valence-electron chi connectivity index (χ3n) is 5.24. The standard InChI is InChI=1S/C20H29N3O5/c1-27-11-2-9-23-18-5-4-17(13-15(18)3-6-19(23)24)28-12-7-16-14-22(20(25)26)10-8-21-16/h4-5,13,16,21H,2-3,6-12,14H2,1H3,(H,25,26)/t16-/m1/s1. The van der Waals surface area contributed by atoms with Gasteiger partial charge in [0.25, 0.3) is 0 Å². The van der Waals surface area contributed by atoms with Crippen LogP contribution < -0.4 is 15.0 Å². The quantitative estimate of drug-likeness (QED) is 0.656. The van der Waals surface area contributed by atoms with Crippen LogP contribution in [0, 0.1) is 0 Å². The van der Waals surface area contributed by atoms with Gasteiger partial charge < -0.3 is 29.7 Å². The number of aryl methyl sites for hydroxylation is 1. The summed E-state index contributed by atoms with van der Waals surface area (Å²) in [5.74, 6) is 0.944. The van der Waals surface area contributed by atoms with Gasteiger partial charge in [-0.15, -0.1) is 0 Å². The van der Waals surface area contributed by atoms with E-state index >= 15 is 0 Å². The second-order valence-corrected chi connectivity index (χ2v) is 7.20. The van der Waals surface area contributed by atoms with Crippen molar-refractivity contribution in [2.24, 2.45) is 0 Å². The fourth-order valence-corrected chi connectivity index (χ4v) is 3.75. The average molecular weight is 391 g/mol. The Morgan fingerprint density at radius 2 is 2.18 bits per heavy atom. The Labute approximate surface area is 165 Å². The van der Waals surface area contributed by atoms with Gasteiger partial charge in [0.2, 0.25) is 5.91 Å². The highest BCUT2D eigenvalue weighted by Crippen LogP contribution is 2.31. The number of hydrogen-bond acceptors (Lipinski definition) is 5. The number of rotatable bonds is 8. The summed E-state index contributed by atoms with van der Waals surface area (Å²) in [7, 11) is 1.66. The van der Waals surface area contributed by atoms with Crippen LogP contribution in [0.1, 0.15) is 24.8 Å². The molecule has 0 aromatic heterocycles. The van der Waals surface area contributed by atoms with Crippen LogP contribution in [0.3, 0.4) is 0 Å². The molecule has 2 aliphatic heterocycles.